The number of fused-ring (bicyclic) bond motifs is 1. The second kappa shape index (κ2) is 8.29. The maximum atomic E-state index is 13.7. The molecule has 0 aliphatic carbocycles. The molecular weight excluding hydrogens is 478 g/mol. The average Bonchev–Trinajstić information content (AvgIpc) is 3.23. The Bertz CT molecular complexity index is 1230. The lowest BCUT2D eigenvalue weighted by molar-refractivity contribution is -0.153. The van der Waals surface area contributed by atoms with Crippen molar-refractivity contribution in [1.82, 2.24) is 9.78 Å². The largest absolute Gasteiger partial charge is 0.483 e. The standard InChI is InChI=1S/C21H13F8N3O2/c22-11-1-4-13(5-2-11)31-8-15-17(30-32(9-20(24,25)26)18(15)19(31)33)14-6-3-12(23)7-16(14)34-10-21(27,28)29/h1-7H,8-10H2. The van der Waals surface area contributed by atoms with Crippen LogP contribution in [0.3, 0.4) is 0 Å². The first-order valence-corrected chi connectivity index (χ1v) is 9.56. The van der Waals surface area contributed by atoms with Gasteiger partial charge in [0, 0.05) is 22.9 Å². The Hall–Kier alpha value is -3.64. The topological polar surface area (TPSA) is 47.4 Å². The number of hydrogen-bond donors (Lipinski definition) is 0. The molecule has 0 bridgehead atoms. The van der Waals surface area contributed by atoms with Gasteiger partial charge in [-0.15, -0.1) is 0 Å². The Balaban J connectivity index is 1.82. The number of anilines is 1. The van der Waals surface area contributed by atoms with Crippen molar-refractivity contribution >= 4 is 11.6 Å². The van der Waals surface area contributed by atoms with Crippen LogP contribution >= 0.6 is 0 Å². The minimum atomic E-state index is -4.78. The van der Waals surface area contributed by atoms with Crippen LogP contribution < -0.4 is 9.64 Å². The van der Waals surface area contributed by atoms with Crippen LogP contribution in [0.25, 0.3) is 11.3 Å². The van der Waals surface area contributed by atoms with E-state index < -0.39 is 54.5 Å². The highest BCUT2D eigenvalue weighted by atomic mass is 19.4. The normalized spacial score (nSPS) is 14.0. The zero-order valence-corrected chi connectivity index (χ0v) is 16.8. The maximum absolute atomic E-state index is 13.7. The quantitative estimate of drug-likeness (QED) is 0.444. The molecule has 4 rings (SSSR count). The summed E-state index contributed by atoms with van der Waals surface area (Å²) in [5.74, 6) is -3.03. The highest BCUT2D eigenvalue weighted by Crippen LogP contribution is 2.40. The van der Waals surface area contributed by atoms with Crippen LogP contribution in [-0.4, -0.2) is 34.6 Å². The molecule has 3 aromatic rings. The molecule has 180 valence electrons. The van der Waals surface area contributed by atoms with E-state index >= 15 is 0 Å². The number of aromatic nitrogens is 2. The molecule has 34 heavy (non-hydrogen) atoms. The van der Waals surface area contributed by atoms with Crippen molar-refractivity contribution in [3.05, 3.63) is 65.4 Å². The Morgan fingerprint density at radius 1 is 0.912 bits per heavy atom. The molecule has 0 radical (unpaired) electrons. The minimum absolute atomic E-state index is 0.0259. The third-order valence-electron chi connectivity index (χ3n) is 4.87. The molecule has 1 amide bonds. The molecule has 13 heteroatoms. The third-order valence-corrected chi connectivity index (χ3v) is 4.87. The molecule has 0 unspecified atom stereocenters. The van der Waals surface area contributed by atoms with Gasteiger partial charge in [0.15, 0.2) is 6.61 Å². The van der Waals surface area contributed by atoms with Gasteiger partial charge in [-0.2, -0.15) is 31.4 Å². The van der Waals surface area contributed by atoms with Gasteiger partial charge in [0.1, 0.15) is 35.3 Å². The second-order valence-electron chi connectivity index (χ2n) is 7.36. The molecule has 1 aromatic heterocycles. The van der Waals surface area contributed by atoms with E-state index in [1.54, 1.807) is 0 Å². The van der Waals surface area contributed by atoms with Gasteiger partial charge < -0.3 is 9.64 Å². The first-order chi connectivity index (χ1) is 15.8. The molecule has 0 saturated carbocycles. The van der Waals surface area contributed by atoms with Crippen LogP contribution in [-0.2, 0) is 13.1 Å². The van der Waals surface area contributed by atoms with Crippen LogP contribution in [0.4, 0.5) is 40.8 Å². The predicted octanol–water partition coefficient (Wildman–Crippen LogP) is 5.49. The average molecular weight is 491 g/mol. The first-order valence-electron chi connectivity index (χ1n) is 9.56. The van der Waals surface area contributed by atoms with E-state index in [-0.39, 0.29) is 29.1 Å². The second-order valence-corrected chi connectivity index (χ2v) is 7.36. The zero-order chi connectivity index (χ0) is 24.8. The highest BCUT2D eigenvalue weighted by Gasteiger charge is 2.40. The lowest BCUT2D eigenvalue weighted by Gasteiger charge is -2.18. The Labute approximate surface area is 186 Å². The zero-order valence-electron chi connectivity index (χ0n) is 16.8. The minimum Gasteiger partial charge on any atom is -0.483 e. The lowest BCUT2D eigenvalue weighted by Crippen LogP contribution is -2.28. The molecule has 0 atom stereocenters. The number of alkyl halides is 6. The van der Waals surface area contributed by atoms with Crippen molar-refractivity contribution in [2.24, 2.45) is 0 Å². The number of hydrogen-bond acceptors (Lipinski definition) is 3. The monoisotopic (exact) mass is 491 g/mol. The molecule has 0 saturated heterocycles. The van der Waals surface area contributed by atoms with Crippen molar-refractivity contribution < 1.29 is 44.7 Å². The molecule has 1 aliphatic rings. The van der Waals surface area contributed by atoms with Gasteiger partial charge in [0.2, 0.25) is 0 Å². The van der Waals surface area contributed by atoms with Crippen LogP contribution in [0.1, 0.15) is 16.1 Å². The fourth-order valence-corrected chi connectivity index (χ4v) is 3.55. The van der Waals surface area contributed by atoms with Gasteiger partial charge in [0.25, 0.3) is 5.91 Å². The molecule has 0 spiro atoms. The number of carbonyl (C=O) groups is 1. The molecule has 0 fully saturated rings. The number of amides is 1. The summed E-state index contributed by atoms with van der Waals surface area (Å²) in [6, 6.07) is 7.12. The van der Waals surface area contributed by atoms with Gasteiger partial charge in [-0.1, -0.05) is 0 Å². The predicted molar refractivity (Wildman–Crippen MR) is 102 cm³/mol. The van der Waals surface area contributed by atoms with E-state index in [4.69, 9.17) is 0 Å². The summed E-state index contributed by atoms with van der Waals surface area (Å²) in [5.41, 5.74) is -0.782. The van der Waals surface area contributed by atoms with Gasteiger partial charge in [-0.25, -0.2) is 13.5 Å². The van der Waals surface area contributed by atoms with Crippen LogP contribution in [0, 0.1) is 11.6 Å². The number of rotatable bonds is 5. The van der Waals surface area contributed by atoms with E-state index in [1.165, 1.54) is 12.1 Å². The maximum Gasteiger partial charge on any atom is 0.422 e. The van der Waals surface area contributed by atoms with Crippen LogP contribution in [0.2, 0.25) is 0 Å². The van der Waals surface area contributed by atoms with Gasteiger partial charge in [-0.05, 0) is 36.4 Å². The van der Waals surface area contributed by atoms with E-state index in [0.717, 1.165) is 29.2 Å². The molecule has 2 aromatic carbocycles. The fraction of sp³-hybridized carbons (Fsp3) is 0.238. The van der Waals surface area contributed by atoms with Crippen molar-refractivity contribution in [2.45, 2.75) is 25.4 Å². The van der Waals surface area contributed by atoms with Gasteiger partial charge in [0.05, 0.1) is 6.54 Å². The van der Waals surface area contributed by atoms with Crippen LogP contribution in [0.15, 0.2) is 42.5 Å². The summed E-state index contributed by atoms with van der Waals surface area (Å²) in [6.07, 6.45) is -9.55. The molecular formula is C21H13F8N3O2. The van der Waals surface area contributed by atoms with Crippen molar-refractivity contribution in [1.29, 1.82) is 0 Å². The third kappa shape index (κ3) is 4.82. The van der Waals surface area contributed by atoms with E-state index in [1.807, 2.05) is 0 Å². The molecule has 5 nitrogen and oxygen atoms in total. The molecule has 2 heterocycles. The van der Waals surface area contributed by atoms with Crippen molar-refractivity contribution in [3.8, 4) is 17.0 Å². The first kappa shape index (κ1) is 23.5. The summed E-state index contributed by atoms with van der Waals surface area (Å²) in [7, 11) is 0. The van der Waals surface area contributed by atoms with E-state index in [0.29, 0.717) is 10.7 Å². The lowest BCUT2D eigenvalue weighted by atomic mass is 10.1. The Morgan fingerprint density at radius 3 is 2.18 bits per heavy atom. The fourth-order valence-electron chi connectivity index (χ4n) is 3.55. The van der Waals surface area contributed by atoms with Crippen molar-refractivity contribution in [3.63, 3.8) is 0 Å². The summed E-state index contributed by atoms with van der Waals surface area (Å²) < 4.78 is 110. The van der Waals surface area contributed by atoms with E-state index in [2.05, 4.69) is 9.84 Å². The summed E-state index contributed by atoms with van der Waals surface area (Å²) in [5, 5.41) is 3.82. The Morgan fingerprint density at radius 2 is 1.56 bits per heavy atom. The van der Waals surface area contributed by atoms with Gasteiger partial charge in [-0.3, -0.25) is 4.79 Å². The number of halogens is 8. The van der Waals surface area contributed by atoms with Crippen molar-refractivity contribution in [2.75, 3.05) is 11.5 Å². The smallest absolute Gasteiger partial charge is 0.422 e. The van der Waals surface area contributed by atoms with Crippen LogP contribution in [0.5, 0.6) is 5.75 Å². The molecule has 0 N–H and O–H groups in total. The summed E-state index contributed by atoms with van der Waals surface area (Å²) in [4.78, 5) is 14.1. The molecule has 1 aliphatic heterocycles. The SMILES string of the molecule is O=C1c2c(c(-c3ccc(F)cc3OCC(F)(F)F)nn2CC(F)(F)F)CN1c1ccc(F)cc1. The number of nitrogens with zero attached hydrogens (tertiary/aromatic N) is 3. The number of carbonyl (C=O) groups excluding carboxylic acids is 1. The van der Waals surface area contributed by atoms with E-state index in [9.17, 15) is 39.9 Å². The number of ether oxygens (including phenoxy) is 1. The summed E-state index contributed by atoms with van der Waals surface area (Å²) >= 11 is 0. The highest BCUT2D eigenvalue weighted by molar-refractivity contribution is 6.10. The van der Waals surface area contributed by atoms with Gasteiger partial charge >= 0.3 is 12.4 Å². The summed E-state index contributed by atoms with van der Waals surface area (Å²) in [6.45, 7) is -3.74. The number of benzene rings is 2. The Kier molecular flexibility index (Phi) is 5.74.